The molecule has 4 saturated carbocycles. The highest BCUT2D eigenvalue weighted by molar-refractivity contribution is 7.87. The van der Waals surface area contributed by atoms with E-state index in [0.717, 1.165) is 32.1 Å². The Balaban J connectivity index is 1.47. The monoisotopic (exact) mass is 484 g/mol. The van der Waals surface area contributed by atoms with Crippen molar-refractivity contribution in [1.29, 1.82) is 0 Å². The highest BCUT2D eigenvalue weighted by Gasteiger charge is 2.57. The van der Waals surface area contributed by atoms with Gasteiger partial charge in [-0.05, 0) is 76.0 Å². The number of rotatable bonds is 8. The second kappa shape index (κ2) is 8.68. The normalized spacial score (nSPS) is 31.9. The van der Waals surface area contributed by atoms with Crippen LogP contribution in [0.4, 0.5) is 13.6 Å². The molecule has 2 atom stereocenters. The first kappa shape index (κ1) is 25.1. The van der Waals surface area contributed by atoms with Gasteiger partial charge in [0.25, 0.3) is 0 Å². The Bertz CT molecular complexity index is 820. The van der Waals surface area contributed by atoms with Crippen LogP contribution in [0, 0.1) is 23.2 Å². The maximum Gasteiger partial charge on any atom is 0.509 e. The molecular weight excluding hydrogens is 454 g/mol. The molecule has 0 spiro atoms. The standard InChI is InChI=1S/C20H30F2O9S/c1-18(2,3)31-17(24)30-15-13-6-12-7-14(15)10-19(8-12,9-13)11-28-4-5-29-16(23)20(21,22)32(25,26)27/h12-15H,4-11H2,1-3H3,(H,25,26,27). The Morgan fingerprint density at radius 3 is 2.19 bits per heavy atom. The summed E-state index contributed by atoms with van der Waals surface area (Å²) in [5, 5.41) is -5.02. The van der Waals surface area contributed by atoms with Crippen LogP contribution in [0.15, 0.2) is 0 Å². The van der Waals surface area contributed by atoms with Gasteiger partial charge in [-0.3, -0.25) is 4.55 Å². The molecule has 4 rings (SSSR count). The molecule has 184 valence electrons. The predicted molar refractivity (Wildman–Crippen MR) is 105 cm³/mol. The van der Waals surface area contributed by atoms with Crippen LogP contribution in [-0.2, 0) is 33.9 Å². The van der Waals surface area contributed by atoms with Crippen LogP contribution in [0.5, 0.6) is 0 Å². The summed E-state index contributed by atoms with van der Waals surface area (Å²) >= 11 is 0. The van der Waals surface area contributed by atoms with Crippen molar-refractivity contribution in [1.82, 2.24) is 0 Å². The average molecular weight is 485 g/mol. The van der Waals surface area contributed by atoms with Gasteiger partial charge in [-0.1, -0.05) is 0 Å². The molecule has 4 bridgehead atoms. The van der Waals surface area contributed by atoms with Crippen molar-refractivity contribution < 1.29 is 50.3 Å². The van der Waals surface area contributed by atoms with Gasteiger partial charge in [0.05, 0.1) is 13.2 Å². The van der Waals surface area contributed by atoms with Crippen molar-refractivity contribution in [3.05, 3.63) is 0 Å². The van der Waals surface area contributed by atoms with E-state index in [-0.39, 0.29) is 30.0 Å². The van der Waals surface area contributed by atoms with E-state index >= 15 is 0 Å². The van der Waals surface area contributed by atoms with Crippen molar-refractivity contribution in [3.63, 3.8) is 0 Å². The molecule has 12 heteroatoms. The van der Waals surface area contributed by atoms with E-state index in [0.29, 0.717) is 12.5 Å². The van der Waals surface area contributed by atoms with Crippen LogP contribution >= 0.6 is 0 Å². The molecule has 4 fully saturated rings. The van der Waals surface area contributed by atoms with Crippen LogP contribution in [0.3, 0.4) is 0 Å². The summed E-state index contributed by atoms with van der Waals surface area (Å²) in [5.41, 5.74) is -0.750. The second-order valence-corrected chi connectivity index (χ2v) is 11.7. The van der Waals surface area contributed by atoms with E-state index in [1.54, 1.807) is 20.8 Å². The molecule has 0 aromatic carbocycles. The van der Waals surface area contributed by atoms with Crippen LogP contribution in [0.1, 0.15) is 52.9 Å². The predicted octanol–water partition coefficient (Wildman–Crippen LogP) is 3.17. The van der Waals surface area contributed by atoms with E-state index in [2.05, 4.69) is 4.74 Å². The first-order chi connectivity index (χ1) is 14.6. The van der Waals surface area contributed by atoms with Crippen LogP contribution in [0.25, 0.3) is 0 Å². The zero-order valence-corrected chi connectivity index (χ0v) is 19.2. The fourth-order valence-electron chi connectivity index (χ4n) is 5.57. The Hall–Kier alpha value is -1.53. The molecule has 0 heterocycles. The number of esters is 1. The topological polar surface area (TPSA) is 125 Å². The minimum Gasteiger partial charge on any atom is -0.458 e. The highest BCUT2D eigenvalue weighted by atomic mass is 32.2. The summed E-state index contributed by atoms with van der Waals surface area (Å²) in [4.78, 5) is 23.3. The fourth-order valence-corrected chi connectivity index (χ4v) is 5.84. The van der Waals surface area contributed by atoms with Crippen molar-refractivity contribution in [3.8, 4) is 0 Å². The maximum absolute atomic E-state index is 13.2. The molecular formula is C20H30F2O9S. The van der Waals surface area contributed by atoms with Crippen molar-refractivity contribution in [2.24, 2.45) is 23.2 Å². The minimum atomic E-state index is -5.89. The van der Waals surface area contributed by atoms with Gasteiger partial charge >= 0.3 is 27.5 Å². The summed E-state index contributed by atoms with van der Waals surface area (Å²) in [6.07, 6.45) is 3.63. The first-order valence-electron chi connectivity index (χ1n) is 10.6. The fraction of sp³-hybridized carbons (Fsp3) is 0.900. The summed E-state index contributed by atoms with van der Waals surface area (Å²) in [7, 11) is -5.89. The molecule has 4 aliphatic rings. The molecule has 32 heavy (non-hydrogen) atoms. The first-order valence-corrected chi connectivity index (χ1v) is 12.1. The number of ether oxygens (including phenoxy) is 4. The zero-order chi connectivity index (χ0) is 23.9. The SMILES string of the molecule is CC(C)(C)OC(=O)OC1C2CC3CC1CC(COCCOC(=O)C(F)(F)S(=O)(=O)O)(C3)C2. The van der Waals surface area contributed by atoms with Gasteiger partial charge in [-0.2, -0.15) is 17.2 Å². The molecule has 1 N–H and O–H groups in total. The van der Waals surface area contributed by atoms with Crippen LogP contribution in [-0.4, -0.2) is 61.9 Å². The second-order valence-electron chi connectivity index (χ2n) is 10.2. The smallest absolute Gasteiger partial charge is 0.458 e. The molecule has 9 nitrogen and oxygen atoms in total. The molecule has 0 aromatic rings. The zero-order valence-electron chi connectivity index (χ0n) is 18.3. The Morgan fingerprint density at radius 2 is 1.66 bits per heavy atom. The van der Waals surface area contributed by atoms with Gasteiger partial charge in [0, 0.05) is 0 Å². The largest absolute Gasteiger partial charge is 0.509 e. The minimum absolute atomic E-state index is 0.118. The Labute approximate surface area is 185 Å². The number of halogens is 2. The van der Waals surface area contributed by atoms with E-state index in [4.69, 9.17) is 18.8 Å². The van der Waals surface area contributed by atoms with Gasteiger partial charge in [0.15, 0.2) is 0 Å². The average Bonchev–Trinajstić information content (AvgIpc) is 2.61. The van der Waals surface area contributed by atoms with Crippen molar-refractivity contribution >= 4 is 22.2 Å². The maximum atomic E-state index is 13.2. The van der Waals surface area contributed by atoms with E-state index in [1.807, 2.05) is 0 Å². The van der Waals surface area contributed by atoms with Crippen LogP contribution in [0.2, 0.25) is 0 Å². The highest BCUT2D eigenvalue weighted by Crippen LogP contribution is 2.60. The number of carbonyl (C=O) groups excluding carboxylic acids is 2. The quantitative estimate of drug-likeness (QED) is 0.314. The lowest BCUT2D eigenvalue weighted by Gasteiger charge is -2.59. The molecule has 0 amide bonds. The van der Waals surface area contributed by atoms with Crippen LogP contribution < -0.4 is 0 Å². The number of hydrogen-bond acceptors (Lipinski definition) is 8. The van der Waals surface area contributed by atoms with E-state index < -0.39 is 39.7 Å². The lowest BCUT2D eigenvalue weighted by Crippen LogP contribution is -2.56. The van der Waals surface area contributed by atoms with Crippen molar-refractivity contribution in [2.45, 2.75) is 69.8 Å². The summed E-state index contributed by atoms with van der Waals surface area (Å²) in [5.74, 6) is -1.45. The third-order valence-electron chi connectivity index (χ3n) is 6.37. The molecule has 4 aliphatic carbocycles. The molecule has 2 unspecified atom stereocenters. The summed E-state index contributed by atoms with van der Waals surface area (Å²) in [6, 6.07) is 0. The third-order valence-corrected chi connectivity index (χ3v) is 7.18. The molecule has 0 aromatic heterocycles. The third kappa shape index (κ3) is 5.51. The van der Waals surface area contributed by atoms with Gasteiger partial charge in [0.2, 0.25) is 0 Å². The van der Waals surface area contributed by atoms with Crippen molar-refractivity contribution in [2.75, 3.05) is 19.8 Å². The van der Waals surface area contributed by atoms with Gasteiger partial charge in [-0.25, -0.2) is 9.59 Å². The summed E-state index contributed by atoms with van der Waals surface area (Å²) < 4.78 is 76.6. The van der Waals surface area contributed by atoms with E-state index in [1.165, 1.54) is 0 Å². The van der Waals surface area contributed by atoms with Gasteiger partial charge < -0.3 is 18.9 Å². The lowest BCUT2D eigenvalue weighted by molar-refractivity contribution is -0.172. The lowest BCUT2D eigenvalue weighted by atomic mass is 9.49. The molecule has 0 radical (unpaired) electrons. The Kier molecular flexibility index (Phi) is 6.81. The summed E-state index contributed by atoms with van der Waals surface area (Å²) in [6.45, 7) is 4.91. The Morgan fingerprint density at radius 1 is 1.06 bits per heavy atom. The van der Waals surface area contributed by atoms with Gasteiger partial charge in [0.1, 0.15) is 18.3 Å². The number of hydrogen-bond donors (Lipinski definition) is 1. The number of alkyl halides is 2. The van der Waals surface area contributed by atoms with E-state index in [9.17, 15) is 26.8 Å². The molecule has 0 saturated heterocycles. The number of carbonyl (C=O) groups is 2. The molecule has 0 aliphatic heterocycles. The van der Waals surface area contributed by atoms with Gasteiger partial charge in [-0.15, -0.1) is 0 Å².